The highest BCUT2D eigenvalue weighted by molar-refractivity contribution is 5.94. The Balaban J connectivity index is 1.46. The summed E-state index contributed by atoms with van der Waals surface area (Å²) in [6.45, 7) is 8.03. The summed E-state index contributed by atoms with van der Waals surface area (Å²) in [5.74, 6) is 2.48. The smallest absolute Gasteiger partial charge is 0.254 e. The van der Waals surface area contributed by atoms with Crippen LogP contribution in [-0.4, -0.2) is 98.9 Å². The van der Waals surface area contributed by atoms with Crippen molar-refractivity contribution in [2.75, 3.05) is 83.0 Å². The molecular weight excluding hydrogens is 420 g/mol. The van der Waals surface area contributed by atoms with Gasteiger partial charge in [-0.1, -0.05) is 6.07 Å². The third-order valence-electron chi connectivity index (χ3n) is 6.73. The number of morpholine rings is 1. The van der Waals surface area contributed by atoms with Crippen molar-refractivity contribution in [3.05, 3.63) is 41.1 Å². The van der Waals surface area contributed by atoms with E-state index in [-0.39, 0.29) is 5.91 Å². The van der Waals surface area contributed by atoms with Gasteiger partial charge in [0.1, 0.15) is 11.6 Å². The normalized spacial score (nSPS) is 19.4. The molecule has 0 aliphatic carbocycles. The lowest BCUT2D eigenvalue weighted by Crippen LogP contribution is -2.46. The van der Waals surface area contributed by atoms with Crippen LogP contribution in [0, 0.1) is 0 Å². The van der Waals surface area contributed by atoms with Crippen molar-refractivity contribution < 1.29 is 14.3 Å². The molecule has 2 aromatic rings. The summed E-state index contributed by atoms with van der Waals surface area (Å²) in [4.78, 5) is 32.2. The second-order valence-electron chi connectivity index (χ2n) is 8.87. The van der Waals surface area contributed by atoms with Crippen LogP contribution in [0.2, 0.25) is 0 Å². The number of fused-ring (bicyclic) bond motifs is 1. The van der Waals surface area contributed by atoms with Gasteiger partial charge in [0.15, 0.2) is 0 Å². The van der Waals surface area contributed by atoms with Gasteiger partial charge in [-0.3, -0.25) is 4.79 Å². The molecule has 0 spiro atoms. The minimum Gasteiger partial charge on any atom is -0.497 e. The van der Waals surface area contributed by atoms with Gasteiger partial charge >= 0.3 is 0 Å². The topological polar surface area (TPSA) is 74.3 Å². The Morgan fingerprint density at radius 3 is 2.55 bits per heavy atom. The van der Waals surface area contributed by atoms with E-state index >= 15 is 0 Å². The van der Waals surface area contributed by atoms with E-state index in [0.29, 0.717) is 37.6 Å². The van der Waals surface area contributed by atoms with E-state index in [0.717, 1.165) is 68.7 Å². The molecule has 5 rings (SSSR count). The molecule has 0 N–H and O–H groups in total. The van der Waals surface area contributed by atoms with Crippen molar-refractivity contribution in [3.8, 4) is 5.75 Å². The Kier molecular flexibility index (Phi) is 6.32. The van der Waals surface area contributed by atoms with Crippen LogP contribution in [0.5, 0.6) is 5.75 Å². The summed E-state index contributed by atoms with van der Waals surface area (Å²) >= 11 is 0. The zero-order chi connectivity index (χ0) is 22.8. The Labute approximate surface area is 194 Å². The van der Waals surface area contributed by atoms with Crippen LogP contribution in [0.25, 0.3) is 0 Å². The Morgan fingerprint density at radius 2 is 1.79 bits per heavy atom. The van der Waals surface area contributed by atoms with Gasteiger partial charge in [-0.2, -0.15) is 4.98 Å². The second-order valence-corrected chi connectivity index (χ2v) is 8.87. The summed E-state index contributed by atoms with van der Waals surface area (Å²) < 4.78 is 10.8. The molecular formula is C24H32N6O3. The fraction of sp³-hybridized carbons (Fsp3) is 0.542. The summed E-state index contributed by atoms with van der Waals surface area (Å²) in [5, 5.41) is 0. The third kappa shape index (κ3) is 4.60. The number of hydrogen-bond donors (Lipinski definition) is 0. The van der Waals surface area contributed by atoms with Crippen molar-refractivity contribution in [2.24, 2.45) is 0 Å². The minimum absolute atomic E-state index is 0.0149. The number of benzene rings is 1. The molecule has 9 nitrogen and oxygen atoms in total. The lowest BCUT2D eigenvalue weighted by atomic mass is 10.0. The quantitative estimate of drug-likeness (QED) is 0.687. The van der Waals surface area contributed by atoms with Crippen LogP contribution < -0.4 is 14.5 Å². The van der Waals surface area contributed by atoms with E-state index in [9.17, 15) is 4.79 Å². The maximum Gasteiger partial charge on any atom is 0.254 e. The van der Waals surface area contributed by atoms with E-state index in [1.54, 1.807) is 13.2 Å². The number of methoxy groups -OCH3 is 1. The van der Waals surface area contributed by atoms with Gasteiger partial charge in [0.2, 0.25) is 5.95 Å². The molecule has 1 amide bonds. The van der Waals surface area contributed by atoms with Crippen molar-refractivity contribution in [3.63, 3.8) is 0 Å². The number of carbonyl (C=O) groups excluding carboxylic acids is 1. The molecule has 0 unspecified atom stereocenters. The van der Waals surface area contributed by atoms with Crippen molar-refractivity contribution in [2.45, 2.75) is 13.0 Å². The third-order valence-corrected chi connectivity index (χ3v) is 6.73. The van der Waals surface area contributed by atoms with E-state index in [1.807, 2.05) is 23.1 Å². The standard InChI is InChI=1S/C24H32N6O3/c1-27-8-10-28(11-9-27)22-20-17-30(23(31)18-4-3-5-19(16-18)32-2)7-6-21(20)25-24(26-22)29-12-14-33-15-13-29/h3-5,16H,6-15,17H2,1-2H3. The molecule has 0 saturated carbocycles. The van der Waals surface area contributed by atoms with Gasteiger partial charge in [0.25, 0.3) is 5.91 Å². The Morgan fingerprint density at radius 1 is 1.00 bits per heavy atom. The SMILES string of the molecule is COc1cccc(C(=O)N2CCc3nc(N4CCOCC4)nc(N4CCN(C)CC4)c3C2)c1. The van der Waals surface area contributed by atoms with Gasteiger partial charge in [-0.15, -0.1) is 0 Å². The van der Waals surface area contributed by atoms with E-state index in [1.165, 1.54) is 0 Å². The molecule has 1 aromatic heterocycles. The average molecular weight is 453 g/mol. The maximum absolute atomic E-state index is 13.3. The number of anilines is 2. The highest BCUT2D eigenvalue weighted by Gasteiger charge is 2.30. The van der Waals surface area contributed by atoms with Gasteiger partial charge in [0, 0.05) is 63.4 Å². The number of ether oxygens (including phenoxy) is 2. The fourth-order valence-corrected chi connectivity index (χ4v) is 4.68. The number of hydrogen-bond acceptors (Lipinski definition) is 8. The van der Waals surface area contributed by atoms with Crippen LogP contribution in [-0.2, 0) is 17.7 Å². The molecule has 4 heterocycles. The minimum atomic E-state index is 0.0149. The molecule has 9 heteroatoms. The summed E-state index contributed by atoms with van der Waals surface area (Å²) in [6, 6.07) is 7.36. The molecule has 33 heavy (non-hydrogen) atoms. The zero-order valence-electron chi connectivity index (χ0n) is 19.5. The maximum atomic E-state index is 13.3. The predicted molar refractivity (Wildman–Crippen MR) is 126 cm³/mol. The first-order valence-electron chi connectivity index (χ1n) is 11.7. The molecule has 3 aliphatic rings. The largest absolute Gasteiger partial charge is 0.497 e. The van der Waals surface area contributed by atoms with Gasteiger partial charge < -0.3 is 29.1 Å². The number of piperazine rings is 1. The molecule has 176 valence electrons. The lowest BCUT2D eigenvalue weighted by molar-refractivity contribution is 0.0733. The Bertz CT molecular complexity index is 1000. The van der Waals surface area contributed by atoms with E-state index in [2.05, 4.69) is 21.7 Å². The average Bonchev–Trinajstić information content (AvgIpc) is 2.88. The van der Waals surface area contributed by atoms with Gasteiger partial charge in [-0.25, -0.2) is 4.98 Å². The van der Waals surface area contributed by atoms with Crippen molar-refractivity contribution in [1.29, 1.82) is 0 Å². The molecule has 2 fully saturated rings. The highest BCUT2D eigenvalue weighted by Crippen LogP contribution is 2.31. The van der Waals surface area contributed by atoms with Crippen molar-refractivity contribution in [1.82, 2.24) is 19.8 Å². The van der Waals surface area contributed by atoms with Crippen LogP contribution in [0.3, 0.4) is 0 Å². The monoisotopic (exact) mass is 452 g/mol. The number of nitrogens with zero attached hydrogens (tertiary/aromatic N) is 6. The van der Waals surface area contributed by atoms with Gasteiger partial charge in [0.05, 0.1) is 32.6 Å². The van der Waals surface area contributed by atoms with E-state index in [4.69, 9.17) is 19.4 Å². The summed E-state index contributed by atoms with van der Waals surface area (Å²) in [5.41, 5.74) is 2.79. The highest BCUT2D eigenvalue weighted by atomic mass is 16.5. The second kappa shape index (κ2) is 9.52. The molecule has 1 aromatic carbocycles. The number of carbonyl (C=O) groups is 1. The van der Waals surface area contributed by atoms with Crippen molar-refractivity contribution >= 4 is 17.7 Å². The molecule has 3 aliphatic heterocycles. The molecule has 0 radical (unpaired) electrons. The van der Waals surface area contributed by atoms with E-state index < -0.39 is 0 Å². The lowest BCUT2D eigenvalue weighted by Gasteiger charge is -2.38. The molecule has 0 bridgehead atoms. The number of rotatable bonds is 4. The van der Waals surface area contributed by atoms with Crippen LogP contribution in [0.4, 0.5) is 11.8 Å². The number of amides is 1. The summed E-state index contributed by atoms with van der Waals surface area (Å²) in [6.07, 6.45) is 0.728. The number of aromatic nitrogens is 2. The Hall–Kier alpha value is -2.91. The van der Waals surface area contributed by atoms with Crippen LogP contribution >= 0.6 is 0 Å². The molecule has 2 saturated heterocycles. The van der Waals surface area contributed by atoms with Crippen LogP contribution in [0.1, 0.15) is 21.6 Å². The fourth-order valence-electron chi connectivity index (χ4n) is 4.68. The zero-order valence-corrected chi connectivity index (χ0v) is 19.5. The van der Waals surface area contributed by atoms with Gasteiger partial charge in [-0.05, 0) is 25.2 Å². The molecule has 0 atom stereocenters. The first kappa shape index (κ1) is 21.9. The first-order chi connectivity index (χ1) is 16.1. The number of likely N-dealkylation sites (N-methyl/N-ethyl adjacent to an activating group) is 1. The first-order valence-corrected chi connectivity index (χ1v) is 11.7. The van der Waals surface area contributed by atoms with Crippen LogP contribution in [0.15, 0.2) is 24.3 Å². The summed E-state index contributed by atoms with van der Waals surface area (Å²) in [7, 11) is 3.77. The predicted octanol–water partition coefficient (Wildman–Crippen LogP) is 1.27.